The van der Waals surface area contributed by atoms with Crippen LogP contribution in [0.1, 0.15) is 54.9 Å². The molecule has 1 aliphatic rings. The molecule has 0 radical (unpaired) electrons. The first kappa shape index (κ1) is 13.9. The van der Waals surface area contributed by atoms with Crippen molar-refractivity contribution in [3.05, 3.63) is 29.3 Å². The molecule has 1 saturated carbocycles. The molecule has 0 saturated heterocycles. The second-order valence-corrected chi connectivity index (χ2v) is 5.57. The Bertz CT molecular complexity index is 456. The lowest BCUT2D eigenvalue weighted by Gasteiger charge is -2.30. The van der Waals surface area contributed by atoms with Gasteiger partial charge in [0.1, 0.15) is 0 Å². The quantitative estimate of drug-likeness (QED) is 0.858. The molecule has 0 spiro atoms. The Morgan fingerprint density at radius 3 is 2.89 bits per heavy atom. The molecular formula is C16H23NO2. The smallest absolute Gasteiger partial charge is 0.336 e. The summed E-state index contributed by atoms with van der Waals surface area (Å²) in [4.78, 5) is 11.1. The van der Waals surface area contributed by atoms with Crippen LogP contribution in [0.25, 0.3) is 0 Å². The highest BCUT2D eigenvalue weighted by Crippen LogP contribution is 2.30. The van der Waals surface area contributed by atoms with Crippen LogP contribution in [0.2, 0.25) is 0 Å². The van der Waals surface area contributed by atoms with Gasteiger partial charge in [-0.1, -0.05) is 32.3 Å². The van der Waals surface area contributed by atoms with Gasteiger partial charge in [0, 0.05) is 11.7 Å². The van der Waals surface area contributed by atoms with E-state index < -0.39 is 5.97 Å². The van der Waals surface area contributed by atoms with Gasteiger partial charge < -0.3 is 10.4 Å². The predicted octanol–water partition coefficient (Wildman–Crippen LogP) is 4.07. The van der Waals surface area contributed by atoms with E-state index in [-0.39, 0.29) is 0 Å². The first-order chi connectivity index (χ1) is 9.11. The molecule has 1 aliphatic carbocycles. The molecule has 2 atom stereocenters. The molecule has 19 heavy (non-hydrogen) atoms. The highest BCUT2D eigenvalue weighted by Gasteiger charge is 2.21. The third-order valence-electron chi connectivity index (χ3n) is 4.28. The summed E-state index contributed by atoms with van der Waals surface area (Å²) >= 11 is 0. The number of anilines is 1. The average Bonchev–Trinajstić information content (AvgIpc) is 2.41. The molecule has 0 bridgehead atoms. The Hall–Kier alpha value is -1.51. The van der Waals surface area contributed by atoms with Crippen molar-refractivity contribution in [1.82, 2.24) is 0 Å². The Morgan fingerprint density at radius 1 is 1.42 bits per heavy atom. The maximum atomic E-state index is 11.1. The Labute approximate surface area is 115 Å². The number of nitrogens with one attached hydrogen (secondary N) is 1. The number of aromatic carboxylic acids is 1. The number of hydrogen-bond acceptors (Lipinski definition) is 2. The highest BCUT2D eigenvalue weighted by molar-refractivity contribution is 5.91. The van der Waals surface area contributed by atoms with E-state index in [1.165, 1.54) is 32.1 Å². The van der Waals surface area contributed by atoms with E-state index >= 15 is 0 Å². The van der Waals surface area contributed by atoms with Gasteiger partial charge in [0.2, 0.25) is 0 Å². The Kier molecular flexibility index (Phi) is 4.46. The highest BCUT2D eigenvalue weighted by atomic mass is 16.4. The maximum Gasteiger partial charge on any atom is 0.336 e. The van der Waals surface area contributed by atoms with E-state index in [0.717, 1.165) is 17.2 Å². The van der Waals surface area contributed by atoms with Crippen LogP contribution < -0.4 is 5.32 Å². The van der Waals surface area contributed by atoms with Crippen molar-refractivity contribution in [3.63, 3.8) is 0 Å². The summed E-state index contributed by atoms with van der Waals surface area (Å²) < 4.78 is 0. The van der Waals surface area contributed by atoms with Crippen LogP contribution in [-0.4, -0.2) is 17.1 Å². The predicted molar refractivity (Wildman–Crippen MR) is 77.8 cm³/mol. The molecule has 1 aromatic rings. The van der Waals surface area contributed by atoms with E-state index in [9.17, 15) is 4.79 Å². The molecule has 3 heteroatoms. The van der Waals surface area contributed by atoms with Gasteiger partial charge in [0.15, 0.2) is 0 Å². The van der Waals surface area contributed by atoms with E-state index in [4.69, 9.17) is 5.11 Å². The first-order valence-electron chi connectivity index (χ1n) is 7.21. The minimum Gasteiger partial charge on any atom is -0.478 e. The first-order valence-corrected chi connectivity index (χ1v) is 7.21. The van der Waals surface area contributed by atoms with Crippen molar-refractivity contribution in [2.45, 2.75) is 52.0 Å². The molecule has 3 nitrogen and oxygen atoms in total. The van der Waals surface area contributed by atoms with Crippen molar-refractivity contribution in [3.8, 4) is 0 Å². The van der Waals surface area contributed by atoms with Gasteiger partial charge in [-0.15, -0.1) is 0 Å². The number of benzene rings is 1. The minimum absolute atomic E-state index is 0.396. The standard InChI is InChI=1S/C16H23NO2/c1-3-12-6-4-7-13(10-12)17-15-9-5-8-14(11(15)2)16(18)19/h5,8-9,12-13,17H,3-4,6-7,10H2,1-2H3,(H,18,19). The zero-order valence-corrected chi connectivity index (χ0v) is 11.8. The zero-order chi connectivity index (χ0) is 13.8. The zero-order valence-electron chi connectivity index (χ0n) is 11.8. The summed E-state index contributed by atoms with van der Waals surface area (Å²) in [5.74, 6) is -0.0366. The Balaban J connectivity index is 2.10. The van der Waals surface area contributed by atoms with E-state index in [0.29, 0.717) is 11.6 Å². The second-order valence-electron chi connectivity index (χ2n) is 5.57. The van der Waals surface area contributed by atoms with Crippen LogP contribution in [0.5, 0.6) is 0 Å². The number of carboxylic acids is 1. The number of carbonyl (C=O) groups is 1. The van der Waals surface area contributed by atoms with Crippen molar-refractivity contribution in [2.24, 2.45) is 5.92 Å². The summed E-state index contributed by atoms with van der Waals surface area (Å²) in [6.07, 6.45) is 6.24. The third-order valence-corrected chi connectivity index (χ3v) is 4.28. The summed E-state index contributed by atoms with van der Waals surface area (Å²) in [6.45, 7) is 4.13. The van der Waals surface area contributed by atoms with Crippen molar-refractivity contribution < 1.29 is 9.90 Å². The fourth-order valence-corrected chi connectivity index (χ4v) is 3.04. The summed E-state index contributed by atoms with van der Waals surface area (Å²) in [5.41, 5.74) is 2.21. The molecule has 0 aromatic heterocycles. The molecule has 2 rings (SSSR count). The lowest BCUT2D eigenvalue weighted by atomic mass is 9.84. The molecule has 2 N–H and O–H groups in total. The summed E-state index contributed by atoms with van der Waals surface area (Å²) in [6, 6.07) is 5.95. The van der Waals surface area contributed by atoms with Gasteiger partial charge >= 0.3 is 5.97 Å². The topological polar surface area (TPSA) is 49.3 Å². The van der Waals surface area contributed by atoms with Crippen LogP contribution in [0.15, 0.2) is 18.2 Å². The monoisotopic (exact) mass is 261 g/mol. The molecule has 0 heterocycles. The molecule has 1 aromatic carbocycles. The Morgan fingerprint density at radius 2 is 2.21 bits per heavy atom. The molecule has 0 amide bonds. The summed E-state index contributed by atoms with van der Waals surface area (Å²) in [7, 11) is 0. The second kappa shape index (κ2) is 6.09. The van der Waals surface area contributed by atoms with Gasteiger partial charge in [-0.05, 0) is 43.4 Å². The third kappa shape index (κ3) is 3.28. The van der Waals surface area contributed by atoms with Gasteiger partial charge in [-0.3, -0.25) is 0 Å². The molecule has 104 valence electrons. The summed E-state index contributed by atoms with van der Waals surface area (Å²) in [5, 5.41) is 12.7. The van der Waals surface area contributed by atoms with Gasteiger partial charge in [0.05, 0.1) is 5.56 Å². The normalized spacial score (nSPS) is 23.1. The fourth-order valence-electron chi connectivity index (χ4n) is 3.04. The molecule has 1 fully saturated rings. The number of carboxylic acid groups (broad SMARTS) is 1. The van der Waals surface area contributed by atoms with Gasteiger partial charge in [0.25, 0.3) is 0 Å². The largest absolute Gasteiger partial charge is 0.478 e. The van der Waals surface area contributed by atoms with Gasteiger partial charge in [-0.2, -0.15) is 0 Å². The SMILES string of the molecule is CCC1CCCC(Nc2cccc(C(=O)O)c2C)C1. The molecule has 2 unspecified atom stereocenters. The van der Waals surface area contributed by atoms with Crippen LogP contribution in [-0.2, 0) is 0 Å². The van der Waals surface area contributed by atoms with Crippen molar-refractivity contribution in [1.29, 1.82) is 0 Å². The maximum absolute atomic E-state index is 11.1. The fraction of sp³-hybridized carbons (Fsp3) is 0.562. The van der Waals surface area contributed by atoms with Gasteiger partial charge in [-0.25, -0.2) is 4.79 Å². The lowest BCUT2D eigenvalue weighted by Crippen LogP contribution is -2.27. The minimum atomic E-state index is -0.851. The lowest BCUT2D eigenvalue weighted by molar-refractivity contribution is 0.0696. The van der Waals surface area contributed by atoms with Crippen LogP contribution in [0.3, 0.4) is 0 Å². The van der Waals surface area contributed by atoms with Crippen LogP contribution in [0, 0.1) is 12.8 Å². The average molecular weight is 261 g/mol. The van der Waals surface area contributed by atoms with Crippen molar-refractivity contribution >= 4 is 11.7 Å². The number of hydrogen-bond donors (Lipinski definition) is 2. The van der Waals surface area contributed by atoms with Crippen LogP contribution in [0.4, 0.5) is 5.69 Å². The van der Waals surface area contributed by atoms with Crippen LogP contribution >= 0.6 is 0 Å². The van der Waals surface area contributed by atoms with Crippen molar-refractivity contribution in [2.75, 3.05) is 5.32 Å². The van der Waals surface area contributed by atoms with E-state index in [1.54, 1.807) is 6.07 Å². The van der Waals surface area contributed by atoms with E-state index in [2.05, 4.69) is 12.2 Å². The molecule has 0 aliphatic heterocycles. The molecular weight excluding hydrogens is 238 g/mol. The number of rotatable bonds is 4. The van der Waals surface area contributed by atoms with E-state index in [1.807, 2.05) is 19.1 Å².